The summed E-state index contributed by atoms with van der Waals surface area (Å²) in [6.45, 7) is 2.57. The first-order chi connectivity index (χ1) is 20.9. The van der Waals surface area contributed by atoms with E-state index in [2.05, 4.69) is 4.98 Å². The molecule has 0 aliphatic carbocycles. The maximum atomic E-state index is 13.5. The number of amides is 3. The summed E-state index contributed by atoms with van der Waals surface area (Å²) in [5, 5.41) is 7.09. The predicted molar refractivity (Wildman–Crippen MR) is 150 cm³/mol. The summed E-state index contributed by atoms with van der Waals surface area (Å²) in [7, 11) is -3.88. The summed E-state index contributed by atoms with van der Waals surface area (Å²) in [6.07, 6.45) is -17.9. The number of aliphatic hydroxyl groups is 1. The van der Waals surface area contributed by atoms with Gasteiger partial charge in [-0.05, 0) is 24.0 Å². The fraction of sp³-hybridized carbons (Fsp3) is 0.500. The molecule has 2 aromatic rings. The Hall–Kier alpha value is -2.68. The van der Waals surface area contributed by atoms with Gasteiger partial charge in [0.05, 0.1) is 14.9 Å². The topological polar surface area (TPSA) is 120 Å². The lowest BCUT2D eigenvalue weighted by atomic mass is 9.91. The van der Waals surface area contributed by atoms with Crippen LogP contribution in [0.4, 0.5) is 39.5 Å². The van der Waals surface area contributed by atoms with Gasteiger partial charge in [-0.3, -0.25) is 23.3 Å². The highest BCUT2D eigenvalue weighted by atomic mass is 35.5. The number of carbonyl (C=O) groups excluding carboxylic acids is 3. The third kappa shape index (κ3) is 7.09. The lowest BCUT2D eigenvalue weighted by Gasteiger charge is -2.35. The van der Waals surface area contributed by atoms with Crippen LogP contribution in [0.5, 0.6) is 0 Å². The first kappa shape index (κ1) is 37.8. The second kappa shape index (κ2) is 13.1. The number of hydrogen-bond donors (Lipinski definition) is 3. The number of rotatable bonds is 7. The molecule has 0 bridgehead atoms. The Bertz CT molecular complexity index is 1550. The second-order valence-electron chi connectivity index (χ2n) is 9.74. The summed E-state index contributed by atoms with van der Waals surface area (Å²) in [4.78, 5) is 43.9. The molecule has 0 radical (unpaired) electrons. The highest BCUT2D eigenvalue weighted by Crippen LogP contribution is 2.54. The van der Waals surface area contributed by atoms with Crippen molar-refractivity contribution < 1.29 is 63.2 Å². The minimum absolute atomic E-state index is 0.109. The van der Waals surface area contributed by atoms with Gasteiger partial charge in [-0.15, -0.1) is 11.3 Å². The normalized spacial score (nSPS) is 16.6. The van der Waals surface area contributed by atoms with Crippen LogP contribution in [0.15, 0.2) is 12.1 Å². The van der Waals surface area contributed by atoms with Crippen LogP contribution in [0.25, 0.3) is 10.4 Å². The Kier molecular flexibility index (Phi) is 10.7. The SMILES string of the molecule is CCN(CC)C(=O)c1nc(C(=O)N2CC[SH](=O)(NC(=O)C(F)(F)F)CC2)sc1-c1ccc(C(O)(C(F)(F)F)C(F)(F)F)c(Cl)c1Cl. The van der Waals surface area contributed by atoms with Crippen molar-refractivity contribution in [1.82, 2.24) is 19.5 Å². The van der Waals surface area contributed by atoms with Gasteiger partial charge in [-0.1, -0.05) is 35.3 Å². The molecule has 0 unspecified atom stereocenters. The fourth-order valence-electron chi connectivity index (χ4n) is 4.36. The molecule has 9 nitrogen and oxygen atoms in total. The number of thiazole rings is 1. The molecular formula is C24H23Cl2F9N4O5S2. The van der Waals surface area contributed by atoms with Gasteiger partial charge in [0, 0.05) is 48.8 Å². The van der Waals surface area contributed by atoms with Gasteiger partial charge in [-0.25, -0.2) is 4.98 Å². The predicted octanol–water partition coefficient (Wildman–Crippen LogP) is 4.98. The van der Waals surface area contributed by atoms with Crippen molar-refractivity contribution in [1.29, 1.82) is 0 Å². The molecule has 0 atom stereocenters. The standard InChI is InChI=1S/C24H23Cl2F9N4O5S2/c1-3-38(4-2)18(40)15-16(11-5-6-12(14(26)13(11)25)21(43,23(30,31)32)24(33,34)35)45-17(36-15)19(41)39-7-9-46(44,10-8-39)37-20(42)22(27,28)29/h5-6,43,46H,3-4,7-10H2,1-2H3,(H,37,42,44). The lowest BCUT2D eigenvalue weighted by Crippen LogP contribution is -2.55. The zero-order valence-electron chi connectivity index (χ0n) is 23.3. The molecule has 1 aliphatic rings. The molecule has 1 aliphatic heterocycles. The van der Waals surface area contributed by atoms with Crippen molar-refractivity contribution in [3.63, 3.8) is 0 Å². The molecule has 22 heteroatoms. The molecule has 1 saturated heterocycles. The Labute approximate surface area is 269 Å². The number of alkyl halides is 9. The molecule has 2 N–H and O–H groups in total. The van der Waals surface area contributed by atoms with Gasteiger partial charge >= 0.3 is 24.4 Å². The van der Waals surface area contributed by atoms with E-state index >= 15 is 0 Å². The number of nitrogens with one attached hydrogen (secondary N) is 1. The van der Waals surface area contributed by atoms with Crippen LogP contribution < -0.4 is 4.72 Å². The number of nitrogens with zero attached hydrogens (tertiary/aromatic N) is 3. The summed E-state index contributed by atoms with van der Waals surface area (Å²) < 4.78 is 133. The summed E-state index contributed by atoms with van der Waals surface area (Å²) >= 11 is 12.5. The molecule has 1 aromatic heterocycles. The fourth-order valence-corrected chi connectivity index (χ4v) is 8.10. The number of thiol groups is 1. The molecule has 2 heterocycles. The van der Waals surface area contributed by atoms with E-state index in [0.717, 1.165) is 4.90 Å². The van der Waals surface area contributed by atoms with E-state index in [-0.39, 0.29) is 24.0 Å². The molecule has 0 saturated carbocycles. The molecular weight excluding hydrogens is 730 g/mol. The quantitative estimate of drug-likeness (QED) is 0.272. The van der Waals surface area contributed by atoms with Gasteiger partial charge in [-0.2, -0.15) is 39.5 Å². The van der Waals surface area contributed by atoms with Crippen LogP contribution in [0.2, 0.25) is 10.0 Å². The number of aromatic nitrogens is 1. The van der Waals surface area contributed by atoms with Crippen LogP contribution in [0, 0.1) is 0 Å². The minimum Gasteiger partial charge on any atom is -0.369 e. The third-order valence-corrected chi connectivity index (χ3v) is 11.3. The summed E-state index contributed by atoms with van der Waals surface area (Å²) in [5.74, 6) is -5.21. The van der Waals surface area contributed by atoms with E-state index in [9.17, 15) is 63.2 Å². The van der Waals surface area contributed by atoms with Crippen molar-refractivity contribution in [2.75, 3.05) is 37.7 Å². The molecule has 3 rings (SSSR count). The minimum atomic E-state index is -6.29. The summed E-state index contributed by atoms with van der Waals surface area (Å²) in [5.41, 5.74) is -8.17. The maximum absolute atomic E-state index is 13.5. The molecule has 258 valence electrons. The number of hydrogen-bond acceptors (Lipinski definition) is 7. The molecule has 3 amide bonds. The first-order valence-corrected chi connectivity index (χ1v) is 16.5. The smallest absolute Gasteiger partial charge is 0.369 e. The molecule has 1 fully saturated rings. The van der Waals surface area contributed by atoms with Crippen molar-refractivity contribution in [2.45, 2.75) is 38.0 Å². The van der Waals surface area contributed by atoms with Gasteiger partial charge in [0.1, 0.15) is 5.69 Å². The number of carbonyl (C=O) groups is 3. The van der Waals surface area contributed by atoms with E-state index in [1.807, 2.05) is 0 Å². The van der Waals surface area contributed by atoms with Gasteiger partial charge < -0.3 is 14.9 Å². The van der Waals surface area contributed by atoms with Crippen molar-refractivity contribution in [3.8, 4) is 10.4 Å². The summed E-state index contributed by atoms with van der Waals surface area (Å²) in [6, 6.07) is 0.849. The lowest BCUT2D eigenvalue weighted by molar-refractivity contribution is -0.376. The van der Waals surface area contributed by atoms with Gasteiger partial charge in [0.2, 0.25) is 0 Å². The maximum Gasteiger partial charge on any atom is 0.472 e. The largest absolute Gasteiger partial charge is 0.472 e. The Morgan fingerprint density at radius 3 is 1.96 bits per heavy atom. The van der Waals surface area contributed by atoms with E-state index in [0.29, 0.717) is 17.4 Å². The van der Waals surface area contributed by atoms with E-state index in [4.69, 9.17) is 23.2 Å². The van der Waals surface area contributed by atoms with Crippen molar-refractivity contribution in [2.24, 2.45) is 0 Å². The van der Waals surface area contributed by atoms with E-state index in [1.54, 1.807) is 13.8 Å². The van der Waals surface area contributed by atoms with Crippen LogP contribution >= 0.6 is 34.5 Å². The molecule has 1 aromatic carbocycles. The van der Waals surface area contributed by atoms with Gasteiger partial charge in [0.15, 0.2) is 5.01 Å². The Morgan fingerprint density at radius 2 is 1.50 bits per heavy atom. The zero-order chi connectivity index (χ0) is 35.2. The highest BCUT2D eigenvalue weighted by molar-refractivity contribution is 8.01. The highest BCUT2D eigenvalue weighted by Gasteiger charge is 2.72. The molecule has 46 heavy (non-hydrogen) atoms. The molecule has 0 spiro atoms. The van der Waals surface area contributed by atoms with E-state index in [1.165, 1.54) is 9.62 Å². The van der Waals surface area contributed by atoms with Crippen LogP contribution in [-0.4, -0.2) is 98.0 Å². The zero-order valence-corrected chi connectivity index (χ0v) is 26.6. The second-order valence-corrected chi connectivity index (χ2v) is 14.4. The average molecular weight is 753 g/mol. The monoisotopic (exact) mass is 752 g/mol. The number of benzene rings is 1. The van der Waals surface area contributed by atoms with Crippen LogP contribution in [-0.2, 0) is 20.5 Å². The number of halogens is 11. The van der Waals surface area contributed by atoms with Crippen molar-refractivity contribution >= 4 is 62.4 Å². The Balaban J connectivity index is 2.08. The van der Waals surface area contributed by atoms with E-state index < -0.39 is 108 Å². The van der Waals surface area contributed by atoms with Crippen molar-refractivity contribution in [3.05, 3.63) is 38.4 Å². The average Bonchev–Trinajstić information content (AvgIpc) is 3.38. The third-order valence-electron chi connectivity index (χ3n) is 6.91. The first-order valence-electron chi connectivity index (χ1n) is 12.8. The van der Waals surface area contributed by atoms with Crippen LogP contribution in [0.1, 0.15) is 39.7 Å². The Morgan fingerprint density at radius 1 is 0.978 bits per heavy atom. The van der Waals surface area contributed by atoms with Crippen LogP contribution in [0.3, 0.4) is 0 Å². The van der Waals surface area contributed by atoms with Gasteiger partial charge in [0.25, 0.3) is 17.4 Å².